The van der Waals surface area contributed by atoms with E-state index in [2.05, 4.69) is 10.6 Å². The van der Waals surface area contributed by atoms with Crippen molar-refractivity contribution in [3.63, 3.8) is 0 Å². The molecule has 0 saturated carbocycles. The van der Waals surface area contributed by atoms with E-state index in [9.17, 15) is 4.79 Å². The molecule has 2 N–H and O–H groups in total. The van der Waals surface area contributed by atoms with E-state index in [1.807, 2.05) is 0 Å². The molecule has 0 heterocycles. The maximum Gasteiger partial charge on any atom is 0.251 e. The summed E-state index contributed by atoms with van der Waals surface area (Å²) in [7, 11) is 1.48. The van der Waals surface area contributed by atoms with Gasteiger partial charge in [0.2, 0.25) is 0 Å². The molecule has 6 nitrogen and oxygen atoms in total. The summed E-state index contributed by atoms with van der Waals surface area (Å²) in [5, 5.41) is 31.7. The summed E-state index contributed by atoms with van der Waals surface area (Å²) in [6.45, 7) is 0. The van der Waals surface area contributed by atoms with Crippen molar-refractivity contribution >= 4 is 23.2 Å². The van der Waals surface area contributed by atoms with E-state index in [0.29, 0.717) is 5.56 Å². The highest BCUT2D eigenvalue weighted by atomic mass is 35.5. The fraction of sp³-hybridized carbons (Fsp3) is 0.0769. The third-order valence-corrected chi connectivity index (χ3v) is 2.63. The second-order valence-electron chi connectivity index (χ2n) is 3.48. The fourth-order valence-electron chi connectivity index (χ4n) is 1.32. The molecule has 1 rings (SSSR count). The van der Waals surface area contributed by atoms with Gasteiger partial charge in [-0.3, -0.25) is 4.79 Å². The minimum Gasteiger partial charge on any atom is -0.355 e. The molecule has 0 spiro atoms. The predicted molar refractivity (Wildman–Crippen MR) is 72.3 cm³/mol. The molecule has 20 heavy (non-hydrogen) atoms. The molecule has 1 aromatic rings. The molecule has 0 atom stereocenters. The summed E-state index contributed by atoms with van der Waals surface area (Å²) in [6.07, 6.45) is 0. The number of hydrogen-bond acceptors (Lipinski definition) is 5. The Morgan fingerprint density at radius 1 is 1.20 bits per heavy atom. The van der Waals surface area contributed by atoms with E-state index >= 15 is 0 Å². The number of carbonyl (C=O) groups is 1. The second kappa shape index (κ2) is 6.80. The molecule has 7 heteroatoms. The van der Waals surface area contributed by atoms with E-state index < -0.39 is 0 Å². The Morgan fingerprint density at radius 2 is 1.85 bits per heavy atom. The molecule has 98 valence electrons. The first-order valence-electron chi connectivity index (χ1n) is 5.30. The molecule has 0 saturated heterocycles. The van der Waals surface area contributed by atoms with Crippen molar-refractivity contribution in [2.45, 2.75) is 0 Å². The van der Waals surface area contributed by atoms with Crippen LogP contribution in [0.5, 0.6) is 0 Å². The molecule has 0 fully saturated rings. The van der Waals surface area contributed by atoms with Gasteiger partial charge in [-0.15, -0.1) is 0 Å². The summed E-state index contributed by atoms with van der Waals surface area (Å²) in [4.78, 5) is 11.5. The lowest BCUT2D eigenvalue weighted by atomic mass is 10.1. The number of carbonyl (C=O) groups excluding carboxylic acids is 1. The smallest absolute Gasteiger partial charge is 0.251 e. The number of amides is 1. The summed E-state index contributed by atoms with van der Waals surface area (Å²) in [5.74, 6) is -0.326. The Kier molecular flexibility index (Phi) is 5.12. The zero-order valence-corrected chi connectivity index (χ0v) is 11.1. The quantitative estimate of drug-likeness (QED) is 0.824. The Balaban J connectivity index is 3.26. The lowest BCUT2D eigenvalue weighted by molar-refractivity contribution is 0.0963. The third kappa shape index (κ3) is 3.26. The standard InChI is InChI=1S/C13H8ClN5O/c1-18-13(20)8-2-3-10(14)11(4-8)19-12(7-17)9(5-15)6-16/h2-4,19H,1H3,(H,18,20). The zero-order valence-electron chi connectivity index (χ0n) is 10.4. The second-order valence-corrected chi connectivity index (χ2v) is 3.89. The van der Waals surface area contributed by atoms with Crippen molar-refractivity contribution in [2.24, 2.45) is 0 Å². The van der Waals surface area contributed by atoms with E-state index in [1.165, 1.54) is 25.2 Å². The average Bonchev–Trinajstić information content (AvgIpc) is 2.48. The molecule has 1 aromatic carbocycles. The van der Waals surface area contributed by atoms with Crippen LogP contribution in [0, 0.1) is 34.0 Å². The minimum absolute atomic E-state index is 0.231. The van der Waals surface area contributed by atoms with Crippen molar-refractivity contribution < 1.29 is 4.79 Å². The molecule has 0 aliphatic heterocycles. The lowest BCUT2D eigenvalue weighted by Crippen LogP contribution is -2.17. The molecule has 0 aliphatic rings. The van der Waals surface area contributed by atoms with E-state index in [-0.39, 0.29) is 27.9 Å². The van der Waals surface area contributed by atoms with Crippen molar-refractivity contribution in [3.8, 4) is 18.2 Å². The van der Waals surface area contributed by atoms with Crippen molar-refractivity contribution in [1.29, 1.82) is 15.8 Å². The van der Waals surface area contributed by atoms with Gasteiger partial charge < -0.3 is 10.6 Å². The maximum absolute atomic E-state index is 11.5. The van der Waals surface area contributed by atoms with Crippen LogP contribution < -0.4 is 10.6 Å². The van der Waals surface area contributed by atoms with Crippen LogP contribution in [0.1, 0.15) is 10.4 Å². The largest absolute Gasteiger partial charge is 0.355 e. The van der Waals surface area contributed by atoms with E-state index in [1.54, 1.807) is 18.2 Å². The van der Waals surface area contributed by atoms with Gasteiger partial charge in [-0.25, -0.2) is 0 Å². The van der Waals surface area contributed by atoms with Gasteiger partial charge in [-0.05, 0) is 18.2 Å². The van der Waals surface area contributed by atoms with E-state index in [4.69, 9.17) is 27.4 Å². The highest BCUT2D eigenvalue weighted by Crippen LogP contribution is 2.25. The molecule has 0 radical (unpaired) electrons. The van der Waals surface area contributed by atoms with Crippen molar-refractivity contribution in [2.75, 3.05) is 12.4 Å². The monoisotopic (exact) mass is 285 g/mol. The van der Waals surface area contributed by atoms with Gasteiger partial charge in [0.05, 0.1) is 10.7 Å². The maximum atomic E-state index is 11.5. The van der Waals surface area contributed by atoms with Gasteiger partial charge >= 0.3 is 0 Å². The summed E-state index contributed by atoms with van der Waals surface area (Å²) in [6, 6.07) is 9.32. The number of anilines is 1. The van der Waals surface area contributed by atoms with Crippen LogP contribution in [0.2, 0.25) is 5.02 Å². The fourth-order valence-corrected chi connectivity index (χ4v) is 1.49. The summed E-state index contributed by atoms with van der Waals surface area (Å²) in [5.41, 5.74) is -0.0145. The number of nitriles is 3. The van der Waals surface area contributed by atoms with Gasteiger partial charge in [-0.1, -0.05) is 11.6 Å². The third-order valence-electron chi connectivity index (χ3n) is 2.30. The van der Waals surface area contributed by atoms with Crippen molar-refractivity contribution in [3.05, 3.63) is 40.1 Å². The van der Waals surface area contributed by atoms with Gasteiger partial charge in [0, 0.05) is 12.6 Å². The molecule has 0 unspecified atom stereocenters. The minimum atomic E-state index is -0.367. The first kappa shape index (κ1) is 15.0. The Bertz CT molecular complexity index is 687. The molecule has 1 amide bonds. The first-order valence-corrected chi connectivity index (χ1v) is 5.68. The van der Waals surface area contributed by atoms with Crippen LogP contribution >= 0.6 is 11.6 Å². The average molecular weight is 286 g/mol. The normalized spacial score (nSPS) is 8.55. The van der Waals surface area contributed by atoms with Crippen LogP contribution in [-0.2, 0) is 0 Å². The molecular formula is C13H8ClN5O. The Labute approximate surface area is 120 Å². The van der Waals surface area contributed by atoms with Crippen molar-refractivity contribution in [1.82, 2.24) is 5.32 Å². The Morgan fingerprint density at radius 3 is 2.35 bits per heavy atom. The van der Waals surface area contributed by atoms with Crippen LogP contribution in [0.4, 0.5) is 5.69 Å². The molecule has 0 aliphatic carbocycles. The highest BCUT2D eigenvalue weighted by molar-refractivity contribution is 6.33. The SMILES string of the molecule is CNC(=O)c1ccc(Cl)c(NC(C#N)=C(C#N)C#N)c1. The number of nitrogens with one attached hydrogen (secondary N) is 2. The van der Waals surface area contributed by atoms with Gasteiger partial charge in [-0.2, -0.15) is 15.8 Å². The number of allylic oxidation sites excluding steroid dienone is 2. The number of halogens is 1. The van der Waals surface area contributed by atoms with Gasteiger partial charge in [0.1, 0.15) is 23.9 Å². The lowest BCUT2D eigenvalue weighted by Gasteiger charge is -2.09. The van der Waals surface area contributed by atoms with Crippen LogP contribution in [-0.4, -0.2) is 13.0 Å². The van der Waals surface area contributed by atoms with Crippen LogP contribution in [0.15, 0.2) is 29.5 Å². The molecule has 0 bridgehead atoms. The van der Waals surface area contributed by atoms with Gasteiger partial charge in [0.15, 0.2) is 5.57 Å². The molecular weight excluding hydrogens is 278 g/mol. The van der Waals surface area contributed by atoms with E-state index in [0.717, 1.165) is 0 Å². The zero-order chi connectivity index (χ0) is 15.1. The predicted octanol–water partition coefficient (Wildman–Crippen LogP) is 1.94. The number of hydrogen-bond donors (Lipinski definition) is 2. The summed E-state index contributed by atoms with van der Waals surface area (Å²) < 4.78 is 0. The molecule has 0 aromatic heterocycles. The number of nitrogens with zero attached hydrogens (tertiary/aromatic N) is 3. The number of rotatable bonds is 3. The first-order chi connectivity index (χ1) is 9.57. The highest BCUT2D eigenvalue weighted by Gasteiger charge is 2.11. The van der Waals surface area contributed by atoms with Gasteiger partial charge in [0.25, 0.3) is 5.91 Å². The summed E-state index contributed by atoms with van der Waals surface area (Å²) >= 11 is 5.94. The number of benzene rings is 1. The van der Waals surface area contributed by atoms with Crippen LogP contribution in [0.3, 0.4) is 0 Å². The Hall–Kier alpha value is -3.01. The van der Waals surface area contributed by atoms with Crippen LogP contribution in [0.25, 0.3) is 0 Å². The topological polar surface area (TPSA) is 112 Å².